The van der Waals surface area contributed by atoms with Crippen molar-refractivity contribution in [2.75, 3.05) is 0 Å². The highest BCUT2D eigenvalue weighted by molar-refractivity contribution is 8.02. The molecule has 0 atom stereocenters. The molecule has 0 bridgehead atoms. The molecular formula is C13H20S. The molecule has 0 amide bonds. The zero-order chi connectivity index (χ0) is 10.8. The Labute approximate surface area is 92.4 Å². The Morgan fingerprint density at radius 3 is 2.29 bits per heavy atom. The first-order chi connectivity index (χ1) is 6.97. The zero-order valence-corrected chi connectivity index (χ0v) is 10.4. The van der Waals surface area contributed by atoms with E-state index in [0.717, 1.165) is 6.42 Å². The first-order valence-electron chi connectivity index (χ1n) is 5.36. The topological polar surface area (TPSA) is 0 Å². The molecule has 0 saturated heterocycles. The smallest absolute Gasteiger partial charge is 0.0151 e. The summed E-state index contributed by atoms with van der Waals surface area (Å²) in [5.41, 5.74) is 1.45. The van der Waals surface area contributed by atoms with E-state index in [1.807, 2.05) is 39.5 Å². The Morgan fingerprint density at radius 2 is 1.64 bits per heavy atom. The third-order valence-corrected chi connectivity index (χ3v) is 2.58. The highest BCUT2D eigenvalue weighted by atomic mass is 32.2. The SMILES string of the molecule is C1=CSc2ccccc2C1.CC.CC. The average Bonchev–Trinajstić information content (AvgIpc) is 2.34. The summed E-state index contributed by atoms with van der Waals surface area (Å²) in [6.45, 7) is 8.00. The van der Waals surface area contributed by atoms with Gasteiger partial charge in [0.05, 0.1) is 0 Å². The molecule has 0 radical (unpaired) electrons. The molecule has 0 unspecified atom stereocenters. The first kappa shape index (κ1) is 13.3. The number of hydrogen-bond acceptors (Lipinski definition) is 1. The first-order valence-corrected chi connectivity index (χ1v) is 6.24. The van der Waals surface area contributed by atoms with Crippen molar-refractivity contribution in [3.05, 3.63) is 41.3 Å². The maximum Gasteiger partial charge on any atom is 0.0151 e. The van der Waals surface area contributed by atoms with Crippen LogP contribution in [0.15, 0.2) is 40.6 Å². The molecule has 0 aliphatic carbocycles. The van der Waals surface area contributed by atoms with Gasteiger partial charge in [-0.05, 0) is 23.5 Å². The summed E-state index contributed by atoms with van der Waals surface area (Å²) in [7, 11) is 0. The van der Waals surface area contributed by atoms with E-state index in [0.29, 0.717) is 0 Å². The molecule has 78 valence electrons. The van der Waals surface area contributed by atoms with Gasteiger partial charge in [-0.3, -0.25) is 0 Å². The van der Waals surface area contributed by atoms with Crippen LogP contribution in [-0.4, -0.2) is 0 Å². The third-order valence-electron chi connectivity index (χ3n) is 1.60. The van der Waals surface area contributed by atoms with E-state index < -0.39 is 0 Å². The standard InChI is InChI=1S/C9H8S.2C2H6/c1-2-6-9-8(4-1)5-3-7-10-9;2*1-2/h1-4,6-7H,5H2;2*1-2H3. The van der Waals surface area contributed by atoms with Crippen molar-refractivity contribution in [1.29, 1.82) is 0 Å². The number of thioether (sulfide) groups is 1. The molecule has 2 rings (SSSR count). The van der Waals surface area contributed by atoms with E-state index in [1.54, 1.807) is 0 Å². The zero-order valence-electron chi connectivity index (χ0n) is 9.58. The van der Waals surface area contributed by atoms with Gasteiger partial charge >= 0.3 is 0 Å². The maximum absolute atomic E-state index is 2.20. The van der Waals surface area contributed by atoms with Crippen LogP contribution in [0.3, 0.4) is 0 Å². The number of benzene rings is 1. The summed E-state index contributed by atoms with van der Waals surface area (Å²) < 4.78 is 0. The fourth-order valence-corrected chi connectivity index (χ4v) is 1.88. The number of fused-ring (bicyclic) bond motifs is 1. The minimum absolute atomic E-state index is 1.10. The lowest BCUT2D eigenvalue weighted by atomic mass is 10.1. The monoisotopic (exact) mass is 208 g/mol. The molecule has 1 aromatic carbocycles. The fourth-order valence-electron chi connectivity index (χ4n) is 1.08. The van der Waals surface area contributed by atoms with Crippen molar-refractivity contribution >= 4 is 11.8 Å². The minimum atomic E-state index is 1.10. The predicted octanol–water partition coefficient (Wildman–Crippen LogP) is 4.90. The highest BCUT2D eigenvalue weighted by Crippen LogP contribution is 2.27. The van der Waals surface area contributed by atoms with E-state index >= 15 is 0 Å². The van der Waals surface area contributed by atoms with Crippen LogP contribution in [-0.2, 0) is 6.42 Å². The van der Waals surface area contributed by atoms with Crippen molar-refractivity contribution in [3.63, 3.8) is 0 Å². The molecule has 1 aromatic rings. The largest absolute Gasteiger partial charge is 0.0981 e. The van der Waals surface area contributed by atoms with Gasteiger partial charge in [-0.1, -0.05) is 63.7 Å². The summed E-state index contributed by atoms with van der Waals surface area (Å²) in [6, 6.07) is 8.54. The minimum Gasteiger partial charge on any atom is -0.0981 e. The molecule has 0 aromatic heterocycles. The molecule has 1 aliphatic rings. The lowest BCUT2D eigenvalue weighted by Gasteiger charge is -2.07. The molecule has 0 spiro atoms. The van der Waals surface area contributed by atoms with Crippen molar-refractivity contribution in [3.8, 4) is 0 Å². The van der Waals surface area contributed by atoms with Gasteiger partial charge in [0.1, 0.15) is 0 Å². The molecule has 0 fully saturated rings. The van der Waals surface area contributed by atoms with Crippen LogP contribution in [0.1, 0.15) is 33.3 Å². The number of rotatable bonds is 0. The van der Waals surface area contributed by atoms with Crippen LogP contribution in [0.4, 0.5) is 0 Å². The van der Waals surface area contributed by atoms with Crippen LogP contribution >= 0.6 is 11.8 Å². The number of allylic oxidation sites excluding steroid dienone is 1. The van der Waals surface area contributed by atoms with Crippen molar-refractivity contribution in [2.24, 2.45) is 0 Å². The third kappa shape index (κ3) is 4.01. The van der Waals surface area contributed by atoms with Gasteiger partial charge in [0.2, 0.25) is 0 Å². The number of hydrogen-bond donors (Lipinski definition) is 0. The van der Waals surface area contributed by atoms with Gasteiger partial charge in [-0.15, -0.1) is 0 Å². The van der Waals surface area contributed by atoms with E-state index in [2.05, 4.69) is 35.7 Å². The quantitative estimate of drug-likeness (QED) is 0.584. The second-order valence-electron chi connectivity index (χ2n) is 2.30. The highest BCUT2D eigenvalue weighted by Gasteiger charge is 2.01. The molecular weight excluding hydrogens is 188 g/mol. The van der Waals surface area contributed by atoms with E-state index in [4.69, 9.17) is 0 Å². The van der Waals surface area contributed by atoms with E-state index in [1.165, 1.54) is 10.5 Å². The second-order valence-corrected chi connectivity index (χ2v) is 3.25. The molecule has 1 heterocycles. The molecule has 0 N–H and O–H groups in total. The average molecular weight is 208 g/mol. The van der Waals surface area contributed by atoms with Crippen molar-refractivity contribution < 1.29 is 0 Å². The van der Waals surface area contributed by atoms with Crippen molar-refractivity contribution in [1.82, 2.24) is 0 Å². The Kier molecular flexibility index (Phi) is 8.45. The summed E-state index contributed by atoms with van der Waals surface area (Å²) in [4.78, 5) is 1.41. The predicted molar refractivity (Wildman–Crippen MR) is 67.8 cm³/mol. The summed E-state index contributed by atoms with van der Waals surface area (Å²) in [5.74, 6) is 0. The summed E-state index contributed by atoms with van der Waals surface area (Å²) >= 11 is 1.81. The van der Waals surface area contributed by atoms with Crippen LogP contribution in [0, 0.1) is 0 Å². The fraction of sp³-hybridized carbons (Fsp3) is 0.385. The van der Waals surface area contributed by atoms with Gasteiger partial charge in [-0.25, -0.2) is 0 Å². The lowest BCUT2D eigenvalue weighted by molar-refractivity contribution is 1.17. The van der Waals surface area contributed by atoms with Gasteiger partial charge in [0.15, 0.2) is 0 Å². The maximum atomic E-state index is 2.20. The van der Waals surface area contributed by atoms with E-state index in [9.17, 15) is 0 Å². The van der Waals surface area contributed by atoms with Crippen LogP contribution in [0.5, 0.6) is 0 Å². The Hall–Kier alpha value is -0.690. The molecule has 0 nitrogen and oxygen atoms in total. The Bertz CT molecular complexity index is 237. The Morgan fingerprint density at radius 1 is 1.00 bits per heavy atom. The van der Waals surface area contributed by atoms with Gasteiger partial charge in [0.25, 0.3) is 0 Å². The molecule has 14 heavy (non-hydrogen) atoms. The van der Waals surface area contributed by atoms with Crippen molar-refractivity contribution in [2.45, 2.75) is 39.0 Å². The van der Waals surface area contributed by atoms with Gasteiger partial charge < -0.3 is 0 Å². The van der Waals surface area contributed by atoms with Gasteiger partial charge in [0, 0.05) is 4.90 Å². The van der Waals surface area contributed by atoms with Crippen LogP contribution in [0.2, 0.25) is 0 Å². The lowest BCUT2D eigenvalue weighted by Crippen LogP contribution is -1.87. The summed E-state index contributed by atoms with van der Waals surface area (Å²) in [6.07, 6.45) is 3.30. The van der Waals surface area contributed by atoms with Crippen LogP contribution < -0.4 is 0 Å². The molecule has 1 aliphatic heterocycles. The Balaban J connectivity index is 0.000000379. The molecule has 1 heteroatoms. The summed E-state index contributed by atoms with van der Waals surface area (Å²) in [5, 5.41) is 2.16. The van der Waals surface area contributed by atoms with Gasteiger partial charge in [-0.2, -0.15) is 0 Å². The normalized spacial score (nSPS) is 11.4. The second kappa shape index (κ2) is 8.89. The van der Waals surface area contributed by atoms with Crippen LogP contribution in [0.25, 0.3) is 0 Å². The molecule has 0 saturated carbocycles. The van der Waals surface area contributed by atoms with E-state index in [-0.39, 0.29) is 0 Å².